The molecule has 1 aromatic carbocycles. The molecule has 1 aromatic heterocycles. The normalized spacial score (nSPS) is 10.5. The number of halogens is 2. The third-order valence-corrected chi connectivity index (χ3v) is 2.73. The molecule has 0 saturated carbocycles. The Balaban J connectivity index is 2.94. The Morgan fingerprint density at radius 2 is 2.12 bits per heavy atom. The minimum Gasteiger partial charge on any atom is -0.490 e. The summed E-state index contributed by atoms with van der Waals surface area (Å²) in [6.07, 6.45) is 0. The van der Waals surface area contributed by atoms with Gasteiger partial charge in [-0.15, -0.1) is 0 Å². The number of hydrogen-bond donors (Lipinski definition) is 0. The van der Waals surface area contributed by atoms with Gasteiger partial charge in [-0.25, -0.2) is 4.98 Å². The molecule has 0 aliphatic heterocycles. The molecule has 1 heterocycles. The lowest BCUT2D eigenvalue weighted by Crippen LogP contribution is -1.96. The highest BCUT2D eigenvalue weighted by molar-refractivity contribution is 6.38. The van der Waals surface area contributed by atoms with Gasteiger partial charge in [-0.05, 0) is 18.2 Å². The summed E-state index contributed by atoms with van der Waals surface area (Å²) in [4.78, 5) is 14.5. The lowest BCUT2D eigenvalue weighted by Gasteiger charge is -2.06. The molecule has 0 atom stereocenters. The van der Waals surface area contributed by atoms with Crippen molar-refractivity contribution < 1.29 is 9.66 Å². The Kier molecular flexibility index (Phi) is 3.04. The smallest absolute Gasteiger partial charge is 0.321 e. The van der Waals surface area contributed by atoms with Gasteiger partial charge in [-0.1, -0.05) is 23.2 Å². The number of pyridine rings is 1. The number of rotatable bonds is 2. The average Bonchev–Trinajstić information content (AvgIpc) is 2.27. The van der Waals surface area contributed by atoms with E-state index in [1.807, 2.05) is 0 Å². The highest BCUT2D eigenvalue weighted by atomic mass is 35.5. The number of benzene rings is 1. The molecule has 7 heteroatoms. The number of methoxy groups -OCH3 is 1. The summed E-state index contributed by atoms with van der Waals surface area (Å²) in [6, 6.07) is 4.39. The van der Waals surface area contributed by atoms with Gasteiger partial charge in [-0.3, -0.25) is 10.1 Å². The molecule has 88 valence electrons. The SMILES string of the molecule is COc1ccc2nc(Cl)cc(Cl)c2c1[N+](=O)[O-]. The Hall–Kier alpha value is -1.59. The molecular formula is C10H6Cl2N2O3. The van der Waals surface area contributed by atoms with Crippen molar-refractivity contribution in [1.82, 2.24) is 4.98 Å². The van der Waals surface area contributed by atoms with Crippen molar-refractivity contribution >= 4 is 39.8 Å². The summed E-state index contributed by atoms with van der Waals surface area (Å²) in [5.74, 6) is 0.133. The van der Waals surface area contributed by atoms with Crippen LogP contribution in [-0.2, 0) is 0 Å². The van der Waals surface area contributed by atoms with Gasteiger partial charge in [0.25, 0.3) is 0 Å². The third kappa shape index (κ3) is 1.99. The van der Waals surface area contributed by atoms with Crippen LogP contribution in [0.2, 0.25) is 10.2 Å². The quantitative estimate of drug-likeness (QED) is 0.477. The van der Waals surface area contributed by atoms with Gasteiger partial charge >= 0.3 is 5.69 Å². The van der Waals surface area contributed by atoms with Crippen LogP contribution in [0.1, 0.15) is 0 Å². The highest BCUT2D eigenvalue weighted by Gasteiger charge is 2.22. The molecule has 17 heavy (non-hydrogen) atoms. The van der Waals surface area contributed by atoms with Crippen LogP contribution >= 0.6 is 23.2 Å². The molecule has 0 fully saturated rings. The maximum Gasteiger partial charge on any atom is 0.321 e. The molecule has 2 aromatic rings. The van der Waals surface area contributed by atoms with Crippen LogP contribution in [0.3, 0.4) is 0 Å². The zero-order chi connectivity index (χ0) is 12.6. The van der Waals surface area contributed by atoms with Crippen molar-refractivity contribution in [1.29, 1.82) is 0 Å². The number of nitro groups is 1. The summed E-state index contributed by atoms with van der Waals surface area (Å²) >= 11 is 11.7. The number of aromatic nitrogens is 1. The van der Waals surface area contributed by atoms with Crippen molar-refractivity contribution in [3.05, 3.63) is 38.5 Å². The van der Waals surface area contributed by atoms with E-state index in [9.17, 15) is 10.1 Å². The monoisotopic (exact) mass is 272 g/mol. The first-order valence-corrected chi connectivity index (χ1v) is 5.27. The van der Waals surface area contributed by atoms with Crippen LogP contribution in [0.5, 0.6) is 5.75 Å². The molecule has 0 bridgehead atoms. The largest absolute Gasteiger partial charge is 0.490 e. The van der Waals surface area contributed by atoms with E-state index >= 15 is 0 Å². The minimum atomic E-state index is -0.553. The Labute approximate surface area is 106 Å². The molecule has 0 aliphatic rings. The van der Waals surface area contributed by atoms with E-state index in [4.69, 9.17) is 27.9 Å². The maximum absolute atomic E-state index is 11.0. The molecule has 0 amide bonds. The molecular weight excluding hydrogens is 267 g/mol. The van der Waals surface area contributed by atoms with E-state index in [1.165, 1.54) is 19.2 Å². The number of hydrogen-bond acceptors (Lipinski definition) is 4. The van der Waals surface area contributed by atoms with Crippen molar-refractivity contribution in [3.63, 3.8) is 0 Å². The Morgan fingerprint density at radius 1 is 1.41 bits per heavy atom. The maximum atomic E-state index is 11.0. The molecule has 2 rings (SSSR count). The van der Waals surface area contributed by atoms with Crippen LogP contribution in [0.4, 0.5) is 5.69 Å². The highest BCUT2D eigenvalue weighted by Crippen LogP contribution is 2.39. The minimum absolute atomic E-state index is 0.133. The van der Waals surface area contributed by atoms with Gasteiger partial charge in [-0.2, -0.15) is 0 Å². The predicted octanol–water partition coefficient (Wildman–Crippen LogP) is 3.46. The fraction of sp³-hybridized carbons (Fsp3) is 0.100. The van der Waals surface area contributed by atoms with E-state index in [1.54, 1.807) is 6.07 Å². The number of fused-ring (bicyclic) bond motifs is 1. The van der Waals surface area contributed by atoms with Gasteiger partial charge in [0.2, 0.25) is 0 Å². The van der Waals surface area contributed by atoms with Gasteiger partial charge < -0.3 is 4.74 Å². The third-order valence-electron chi connectivity index (χ3n) is 2.23. The Bertz CT molecular complexity index is 616. The van der Waals surface area contributed by atoms with Gasteiger partial charge in [0.1, 0.15) is 10.5 Å². The zero-order valence-electron chi connectivity index (χ0n) is 8.61. The fourth-order valence-electron chi connectivity index (χ4n) is 1.56. The number of nitrogens with zero attached hydrogens (tertiary/aromatic N) is 2. The second-order valence-electron chi connectivity index (χ2n) is 3.19. The molecule has 5 nitrogen and oxygen atoms in total. The first-order chi connectivity index (χ1) is 8.04. The molecule has 0 unspecified atom stereocenters. The van der Waals surface area contributed by atoms with Gasteiger partial charge in [0.15, 0.2) is 5.75 Å². The van der Waals surface area contributed by atoms with Crippen molar-refractivity contribution in [2.75, 3.05) is 7.11 Å². The van der Waals surface area contributed by atoms with Crippen LogP contribution < -0.4 is 4.74 Å². The summed E-state index contributed by atoms with van der Waals surface area (Å²) in [5, 5.41) is 11.6. The van der Waals surface area contributed by atoms with E-state index in [2.05, 4.69) is 4.98 Å². The van der Waals surface area contributed by atoms with E-state index in [-0.39, 0.29) is 27.0 Å². The van der Waals surface area contributed by atoms with Crippen molar-refractivity contribution in [3.8, 4) is 5.75 Å². The molecule has 0 aliphatic carbocycles. The first kappa shape index (κ1) is 11.9. The van der Waals surface area contributed by atoms with E-state index < -0.39 is 4.92 Å². The standard InChI is InChI=1S/C10H6Cl2N2O3/c1-17-7-3-2-6-9(10(7)14(15)16)5(11)4-8(12)13-6/h2-4H,1H3. The molecule has 0 saturated heterocycles. The van der Waals surface area contributed by atoms with Gasteiger partial charge in [0, 0.05) is 0 Å². The van der Waals surface area contributed by atoms with Crippen molar-refractivity contribution in [2.45, 2.75) is 0 Å². The van der Waals surface area contributed by atoms with E-state index in [0.29, 0.717) is 5.52 Å². The average molecular weight is 273 g/mol. The van der Waals surface area contributed by atoms with Gasteiger partial charge in [0.05, 0.1) is 22.6 Å². The summed E-state index contributed by atoms with van der Waals surface area (Å²) in [5.41, 5.74) is 0.147. The molecule has 0 spiro atoms. The van der Waals surface area contributed by atoms with E-state index in [0.717, 1.165) is 0 Å². The summed E-state index contributed by atoms with van der Waals surface area (Å²) in [6.45, 7) is 0. The first-order valence-electron chi connectivity index (χ1n) is 4.51. The lowest BCUT2D eigenvalue weighted by molar-refractivity contribution is -0.383. The topological polar surface area (TPSA) is 65.3 Å². The predicted molar refractivity (Wildman–Crippen MR) is 65.0 cm³/mol. The molecule has 0 radical (unpaired) electrons. The van der Waals surface area contributed by atoms with Crippen LogP contribution in [0, 0.1) is 10.1 Å². The van der Waals surface area contributed by atoms with Crippen LogP contribution in [0.25, 0.3) is 10.9 Å². The number of ether oxygens (including phenoxy) is 1. The number of nitro benzene ring substituents is 1. The zero-order valence-corrected chi connectivity index (χ0v) is 10.1. The second-order valence-corrected chi connectivity index (χ2v) is 3.99. The lowest BCUT2D eigenvalue weighted by atomic mass is 10.1. The Morgan fingerprint density at radius 3 is 2.71 bits per heavy atom. The second kappa shape index (κ2) is 4.35. The summed E-state index contributed by atoms with van der Waals surface area (Å²) < 4.78 is 4.94. The van der Waals surface area contributed by atoms with Crippen molar-refractivity contribution in [2.24, 2.45) is 0 Å². The molecule has 0 N–H and O–H groups in total. The fourth-order valence-corrected chi connectivity index (χ4v) is 2.11. The summed E-state index contributed by atoms with van der Waals surface area (Å²) in [7, 11) is 1.35. The van der Waals surface area contributed by atoms with Crippen LogP contribution in [-0.4, -0.2) is 17.0 Å². The van der Waals surface area contributed by atoms with Crippen LogP contribution in [0.15, 0.2) is 18.2 Å².